The number of fused-ring (bicyclic) bond motifs is 2. The summed E-state index contributed by atoms with van der Waals surface area (Å²) in [5.74, 6) is 3.35. The lowest BCUT2D eigenvalue weighted by Gasteiger charge is -2.21. The van der Waals surface area contributed by atoms with Gasteiger partial charge in [-0.25, -0.2) is 9.97 Å². The topological polar surface area (TPSA) is 41.5 Å². The van der Waals surface area contributed by atoms with Crippen molar-refractivity contribution >= 4 is 32.5 Å². The Bertz CT molecular complexity index is 883. The molecule has 128 valence electrons. The molecule has 0 amide bonds. The molecule has 2 aliphatic heterocycles. The Morgan fingerprint density at radius 2 is 1.80 bits per heavy atom. The van der Waals surface area contributed by atoms with Gasteiger partial charge in [0.1, 0.15) is 17.1 Å². The summed E-state index contributed by atoms with van der Waals surface area (Å²) in [6.45, 7) is 4.34. The summed E-state index contributed by atoms with van der Waals surface area (Å²) in [5, 5.41) is 1.12. The maximum absolute atomic E-state index is 5.45. The lowest BCUT2D eigenvalue weighted by molar-refractivity contribution is 0.419. The number of aromatic nitrogens is 2. The van der Waals surface area contributed by atoms with Crippen LogP contribution in [0.15, 0.2) is 42.6 Å². The standard InChI is InChI=1S/C19H20N4OS/c1-24-15-5-4-6-16-18(15)21-19(25-16)23-11-13-9-22(10-14(13)12-23)17-7-2-3-8-20-17/h2-8,13-14H,9-12H2,1H3. The molecule has 1 aromatic carbocycles. The van der Waals surface area contributed by atoms with E-state index in [4.69, 9.17) is 9.72 Å². The molecule has 2 saturated heterocycles. The summed E-state index contributed by atoms with van der Waals surface area (Å²) in [7, 11) is 1.71. The number of pyridine rings is 1. The Kier molecular flexibility index (Phi) is 3.52. The van der Waals surface area contributed by atoms with Gasteiger partial charge in [-0.1, -0.05) is 23.5 Å². The summed E-state index contributed by atoms with van der Waals surface area (Å²) >= 11 is 1.77. The minimum absolute atomic E-state index is 0.691. The Labute approximate surface area is 150 Å². The SMILES string of the molecule is COc1cccc2sc(N3CC4CN(c5ccccn5)CC4C3)nc12. The third kappa shape index (κ3) is 2.52. The fraction of sp³-hybridized carbons (Fsp3) is 0.368. The molecular formula is C19H20N4OS. The predicted molar refractivity (Wildman–Crippen MR) is 102 cm³/mol. The Morgan fingerprint density at radius 3 is 2.52 bits per heavy atom. The normalized spacial score (nSPS) is 22.6. The molecule has 2 fully saturated rings. The van der Waals surface area contributed by atoms with Crippen molar-refractivity contribution in [2.75, 3.05) is 43.1 Å². The number of rotatable bonds is 3. The summed E-state index contributed by atoms with van der Waals surface area (Å²) in [5.41, 5.74) is 0.983. The summed E-state index contributed by atoms with van der Waals surface area (Å²) < 4.78 is 6.65. The largest absolute Gasteiger partial charge is 0.494 e. The van der Waals surface area contributed by atoms with Gasteiger partial charge in [-0.2, -0.15) is 0 Å². The highest BCUT2D eigenvalue weighted by molar-refractivity contribution is 7.22. The first kappa shape index (κ1) is 15.0. The first-order valence-corrected chi connectivity index (χ1v) is 9.48. The van der Waals surface area contributed by atoms with E-state index in [1.807, 2.05) is 24.4 Å². The average Bonchev–Trinajstić information content (AvgIpc) is 3.34. The van der Waals surface area contributed by atoms with Gasteiger partial charge in [0, 0.05) is 44.2 Å². The first-order chi connectivity index (χ1) is 12.3. The molecule has 2 unspecified atom stereocenters. The van der Waals surface area contributed by atoms with Gasteiger partial charge in [-0.15, -0.1) is 0 Å². The van der Waals surface area contributed by atoms with Gasteiger partial charge in [-0.05, 0) is 24.3 Å². The van der Waals surface area contributed by atoms with E-state index >= 15 is 0 Å². The molecule has 4 heterocycles. The fourth-order valence-corrected chi connectivity index (χ4v) is 5.09. The third-order valence-electron chi connectivity index (χ3n) is 5.32. The second-order valence-electron chi connectivity index (χ2n) is 6.82. The molecule has 3 aromatic rings. The number of nitrogens with zero attached hydrogens (tertiary/aromatic N) is 4. The van der Waals surface area contributed by atoms with Crippen molar-refractivity contribution in [2.24, 2.45) is 11.8 Å². The van der Waals surface area contributed by atoms with Crippen molar-refractivity contribution in [3.8, 4) is 5.75 Å². The molecule has 6 heteroatoms. The van der Waals surface area contributed by atoms with Crippen LogP contribution in [-0.2, 0) is 0 Å². The van der Waals surface area contributed by atoms with E-state index in [1.54, 1.807) is 18.4 Å². The summed E-state index contributed by atoms with van der Waals surface area (Å²) in [4.78, 5) is 14.2. The zero-order chi connectivity index (χ0) is 16.8. The number of ether oxygens (including phenoxy) is 1. The van der Waals surface area contributed by atoms with E-state index in [-0.39, 0.29) is 0 Å². The number of anilines is 2. The maximum atomic E-state index is 5.45. The van der Waals surface area contributed by atoms with Crippen molar-refractivity contribution in [1.82, 2.24) is 9.97 Å². The van der Waals surface area contributed by atoms with Gasteiger partial charge in [0.15, 0.2) is 5.13 Å². The van der Waals surface area contributed by atoms with E-state index in [9.17, 15) is 0 Å². The molecule has 2 aromatic heterocycles. The highest BCUT2D eigenvalue weighted by Gasteiger charge is 2.41. The molecule has 0 aliphatic carbocycles. The molecule has 0 N–H and O–H groups in total. The lowest BCUT2D eigenvalue weighted by atomic mass is 10.0. The van der Waals surface area contributed by atoms with Crippen LogP contribution in [0.4, 0.5) is 10.9 Å². The van der Waals surface area contributed by atoms with E-state index in [0.717, 1.165) is 48.4 Å². The van der Waals surface area contributed by atoms with Gasteiger partial charge in [0.05, 0.1) is 11.8 Å². The molecule has 0 saturated carbocycles. The molecule has 0 radical (unpaired) electrons. The average molecular weight is 352 g/mol. The number of hydrogen-bond acceptors (Lipinski definition) is 6. The van der Waals surface area contributed by atoms with Crippen molar-refractivity contribution in [1.29, 1.82) is 0 Å². The van der Waals surface area contributed by atoms with Crippen LogP contribution in [0.3, 0.4) is 0 Å². The van der Waals surface area contributed by atoms with E-state index < -0.39 is 0 Å². The van der Waals surface area contributed by atoms with Gasteiger partial charge in [-0.3, -0.25) is 0 Å². The first-order valence-electron chi connectivity index (χ1n) is 8.66. The molecule has 2 atom stereocenters. The Hall–Kier alpha value is -2.34. The van der Waals surface area contributed by atoms with Gasteiger partial charge in [0.2, 0.25) is 0 Å². The molecule has 5 nitrogen and oxygen atoms in total. The zero-order valence-electron chi connectivity index (χ0n) is 14.1. The van der Waals surface area contributed by atoms with Crippen LogP contribution in [0.5, 0.6) is 5.75 Å². The zero-order valence-corrected chi connectivity index (χ0v) is 14.9. The molecule has 5 rings (SSSR count). The highest BCUT2D eigenvalue weighted by Crippen LogP contribution is 2.39. The number of methoxy groups -OCH3 is 1. The Morgan fingerprint density at radius 1 is 1.00 bits per heavy atom. The minimum Gasteiger partial charge on any atom is -0.494 e. The number of thiazole rings is 1. The fourth-order valence-electron chi connectivity index (χ4n) is 4.09. The Balaban J connectivity index is 1.35. The number of hydrogen-bond donors (Lipinski definition) is 0. The van der Waals surface area contributed by atoms with Crippen molar-refractivity contribution in [2.45, 2.75) is 0 Å². The lowest BCUT2D eigenvalue weighted by Crippen LogP contribution is -2.29. The maximum Gasteiger partial charge on any atom is 0.186 e. The third-order valence-corrected chi connectivity index (χ3v) is 6.40. The van der Waals surface area contributed by atoms with Crippen molar-refractivity contribution < 1.29 is 4.74 Å². The van der Waals surface area contributed by atoms with E-state index in [2.05, 4.69) is 33.0 Å². The molecule has 2 aliphatic rings. The van der Waals surface area contributed by atoms with Crippen LogP contribution in [0.2, 0.25) is 0 Å². The van der Waals surface area contributed by atoms with Crippen molar-refractivity contribution in [3.63, 3.8) is 0 Å². The van der Waals surface area contributed by atoms with E-state index in [1.165, 1.54) is 4.70 Å². The van der Waals surface area contributed by atoms with Gasteiger partial charge < -0.3 is 14.5 Å². The molecular weight excluding hydrogens is 332 g/mol. The number of benzene rings is 1. The van der Waals surface area contributed by atoms with Crippen LogP contribution >= 0.6 is 11.3 Å². The van der Waals surface area contributed by atoms with E-state index in [0.29, 0.717) is 11.8 Å². The summed E-state index contributed by atoms with van der Waals surface area (Å²) in [6, 6.07) is 12.3. The molecule has 0 spiro atoms. The van der Waals surface area contributed by atoms with Crippen LogP contribution in [0, 0.1) is 11.8 Å². The van der Waals surface area contributed by atoms with Crippen LogP contribution < -0.4 is 14.5 Å². The summed E-state index contributed by atoms with van der Waals surface area (Å²) in [6.07, 6.45) is 1.88. The van der Waals surface area contributed by atoms with Crippen LogP contribution in [0.1, 0.15) is 0 Å². The quantitative estimate of drug-likeness (QED) is 0.724. The van der Waals surface area contributed by atoms with Crippen molar-refractivity contribution in [3.05, 3.63) is 42.6 Å². The second kappa shape index (κ2) is 5.88. The molecule has 25 heavy (non-hydrogen) atoms. The second-order valence-corrected chi connectivity index (χ2v) is 7.83. The van der Waals surface area contributed by atoms with Gasteiger partial charge in [0.25, 0.3) is 0 Å². The van der Waals surface area contributed by atoms with Crippen LogP contribution in [-0.4, -0.2) is 43.3 Å². The highest BCUT2D eigenvalue weighted by atomic mass is 32.1. The molecule has 0 bridgehead atoms. The predicted octanol–water partition coefficient (Wildman–Crippen LogP) is 3.27. The monoisotopic (exact) mass is 352 g/mol. The smallest absolute Gasteiger partial charge is 0.186 e. The van der Waals surface area contributed by atoms with Crippen LogP contribution in [0.25, 0.3) is 10.2 Å². The minimum atomic E-state index is 0.691. The van der Waals surface area contributed by atoms with Gasteiger partial charge >= 0.3 is 0 Å². The number of para-hydroxylation sites is 1.